The molecule has 0 spiro atoms. The minimum Gasteiger partial charge on any atom is -0.383 e. The Morgan fingerprint density at radius 1 is 1.40 bits per heavy atom. The van der Waals surface area contributed by atoms with Crippen molar-refractivity contribution in [3.8, 4) is 0 Å². The molecule has 0 fully saturated rings. The Labute approximate surface area is 92.4 Å². The second kappa shape index (κ2) is 3.94. The van der Waals surface area contributed by atoms with Gasteiger partial charge in [-0.3, -0.25) is 4.68 Å². The molecule has 0 atom stereocenters. The summed E-state index contributed by atoms with van der Waals surface area (Å²) in [6.07, 6.45) is 3.31. The van der Waals surface area contributed by atoms with Gasteiger partial charge in [0.05, 0.1) is 18.4 Å². The van der Waals surface area contributed by atoms with E-state index in [4.69, 9.17) is 17.3 Å². The van der Waals surface area contributed by atoms with Crippen LogP contribution < -0.4 is 5.73 Å². The molecule has 2 N–H and O–H groups in total. The topological polar surface area (TPSA) is 61.7 Å². The SMILES string of the molecule is CCn1nccc1Cn1ncc(Cl)c1N. The Hall–Kier alpha value is -1.49. The first-order chi connectivity index (χ1) is 7.22. The zero-order valence-corrected chi connectivity index (χ0v) is 9.15. The zero-order valence-electron chi connectivity index (χ0n) is 8.39. The molecule has 0 amide bonds. The number of aromatic nitrogens is 4. The molecule has 2 aromatic heterocycles. The van der Waals surface area contributed by atoms with E-state index in [-0.39, 0.29) is 0 Å². The number of nitrogens with two attached hydrogens (primary N) is 1. The maximum Gasteiger partial charge on any atom is 0.141 e. The first-order valence-electron chi connectivity index (χ1n) is 4.70. The van der Waals surface area contributed by atoms with Crippen molar-refractivity contribution in [3.63, 3.8) is 0 Å². The molecule has 0 saturated heterocycles. The van der Waals surface area contributed by atoms with E-state index in [9.17, 15) is 0 Å². The van der Waals surface area contributed by atoms with Gasteiger partial charge < -0.3 is 5.73 Å². The van der Waals surface area contributed by atoms with Crippen molar-refractivity contribution in [1.29, 1.82) is 0 Å². The van der Waals surface area contributed by atoms with Gasteiger partial charge >= 0.3 is 0 Å². The summed E-state index contributed by atoms with van der Waals surface area (Å²) in [4.78, 5) is 0. The molecule has 15 heavy (non-hydrogen) atoms. The second-order valence-corrected chi connectivity index (χ2v) is 3.58. The predicted molar refractivity (Wildman–Crippen MR) is 58.7 cm³/mol. The van der Waals surface area contributed by atoms with Gasteiger partial charge in [0, 0.05) is 12.7 Å². The molecule has 0 radical (unpaired) electrons. The van der Waals surface area contributed by atoms with Crippen molar-refractivity contribution < 1.29 is 0 Å². The summed E-state index contributed by atoms with van der Waals surface area (Å²) in [5, 5.41) is 8.74. The van der Waals surface area contributed by atoms with E-state index >= 15 is 0 Å². The number of halogens is 1. The Kier molecular flexibility index (Phi) is 2.64. The number of hydrogen-bond acceptors (Lipinski definition) is 3. The van der Waals surface area contributed by atoms with Gasteiger partial charge in [0.15, 0.2) is 0 Å². The molecular weight excluding hydrogens is 214 g/mol. The number of aryl methyl sites for hydroxylation is 1. The molecule has 80 valence electrons. The van der Waals surface area contributed by atoms with Crippen LogP contribution in [0.15, 0.2) is 18.5 Å². The molecule has 0 unspecified atom stereocenters. The number of nitrogen functional groups attached to an aromatic ring is 1. The van der Waals surface area contributed by atoms with E-state index in [2.05, 4.69) is 10.2 Å². The number of anilines is 1. The Bertz CT molecular complexity index is 459. The van der Waals surface area contributed by atoms with E-state index in [0.29, 0.717) is 17.4 Å². The predicted octanol–water partition coefficient (Wildman–Crippen LogP) is 1.38. The fraction of sp³-hybridized carbons (Fsp3) is 0.333. The standard InChI is InChI=1S/C9H12ClN5/c1-2-14-7(3-4-12-14)6-15-9(11)8(10)5-13-15/h3-5H,2,6,11H2,1H3. The molecule has 5 nitrogen and oxygen atoms in total. The van der Waals surface area contributed by atoms with Gasteiger partial charge in [-0.2, -0.15) is 10.2 Å². The fourth-order valence-corrected chi connectivity index (χ4v) is 1.57. The maximum atomic E-state index is 5.81. The van der Waals surface area contributed by atoms with E-state index in [1.165, 1.54) is 0 Å². The van der Waals surface area contributed by atoms with E-state index in [0.717, 1.165) is 12.2 Å². The number of hydrogen-bond donors (Lipinski definition) is 1. The lowest BCUT2D eigenvalue weighted by Crippen LogP contribution is -2.10. The zero-order chi connectivity index (χ0) is 10.8. The van der Waals surface area contributed by atoms with Crippen LogP contribution in [-0.2, 0) is 13.1 Å². The summed E-state index contributed by atoms with van der Waals surface area (Å²) >= 11 is 5.81. The quantitative estimate of drug-likeness (QED) is 0.859. The van der Waals surface area contributed by atoms with Crippen molar-refractivity contribution in [1.82, 2.24) is 19.6 Å². The average Bonchev–Trinajstić information content (AvgIpc) is 2.80. The molecule has 0 aliphatic carbocycles. The number of rotatable bonds is 3. The molecule has 2 heterocycles. The minimum absolute atomic E-state index is 0.484. The van der Waals surface area contributed by atoms with Crippen molar-refractivity contribution in [3.05, 3.63) is 29.2 Å². The van der Waals surface area contributed by atoms with Crippen molar-refractivity contribution >= 4 is 17.4 Å². The molecular formula is C9H12ClN5. The number of nitrogens with zero attached hydrogens (tertiary/aromatic N) is 4. The van der Waals surface area contributed by atoms with Crippen molar-refractivity contribution in [2.45, 2.75) is 20.0 Å². The highest BCUT2D eigenvalue weighted by Gasteiger charge is 2.07. The molecule has 0 saturated carbocycles. The van der Waals surface area contributed by atoms with Crippen molar-refractivity contribution in [2.75, 3.05) is 5.73 Å². The van der Waals surface area contributed by atoms with Crippen LogP contribution in [0.5, 0.6) is 0 Å². The summed E-state index contributed by atoms with van der Waals surface area (Å²) < 4.78 is 3.56. The molecule has 0 aliphatic heterocycles. The highest BCUT2D eigenvalue weighted by Crippen LogP contribution is 2.17. The normalized spacial score (nSPS) is 10.8. The van der Waals surface area contributed by atoms with Crippen LogP contribution in [0.1, 0.15) is 12.6 Å². The van der Waals surface area contributed by atoms with E-state index in [1.54, 1.807) is 17.1 Å². The van der Waals surface area contributed by atoms with Gasteiger partial charge in [0.1, 0.15) is 10.8 Å². The van der Waals surface area contributed by atoms with Crippen LogP contribution in [0, 0.1) is 0 Å². The van der Waals surface area contributed by atoms with Crippen LogP contribution in [0.2, 0.25) is 5.02 Å². The average molecular weight is 226 g/mol. The van der Waals surface area contributed by atoms with Gasteiger partial charge in [-0.05, 0) is 13.0 Å². The lowest BCUT2D eigenvalue weighted by molar-refractivity contribution is 0.581. The van der Waals surface area contributed by atoms with Gasteiger partial charge in [-0.25, -0.2) is 4.68 Å². The van der Waals surface area contributed by atoms with Crippen LogP contribution >= 0.6 is 11.6 Å². The summed E-state index contributed by atoms with van der Waals surface area (Å²) in [7, 11) is 0. The summed E-state index contributed by atoms with van der Waals surface area (Å²) in [6.45, 7) is 3.46. The van der Waals surface area contributed by atoms with Gasteiger partial charge in [0.25, 0.3) is 0 Å². The first-order valence-corrected chi connectivity index (χ1v) is 5.07. The van der Waals surface area contributed by atoms with Crippen LogP contribution in [0.25, 0.3) is 0 Å². The van der Waals surface area contributed by atoms with Gasteiger partial charge in [-0.15, -0.1) is 0 Å². The third-order valence-corrected chi connectivity index (χ3v) is 2.54. The maximum absolute atomic E-state index is 5.81. The molecule has 2 rings (SSSR count). The van der Waals surface area contributed by atoms with Crippen LogP contribution in [-0.4, -0.2) is 19.6 Å². The molecule has 2 aromatic rings. The Morgan fingerprint density at radius 3 is 2.80 bits per heavy atom. The van der Waals surface area contributed by atoms with Crippen LogP contribution in [0.4, 0.5) is 5.82 Å². The Morgan fingerprint density at radius 2 is 2.20 bits per heavy atom. The Balaban J connectivity index is 2.25. The second-order valence-electron chi connectivity index (χ2n) is 3.17. The van der Waals surface area contributed by atoms with Gasteiger partial charge in [-0.1, -0.05) is 11.6 Å². The van der Waals surface area contributed by atoms with Crippen molar-refractivity contribution in [2.24, 2.45) is 0 Å². The highest BCUT2D eigenvalue weighted by molar-refractivity contribution is 6.32. The fourth-order valence-electron chi connectivity index (χ4n) is 1.43. The monoisotopic (exact) mass is 225 g/mol. The van der Waals surface area contributed by atoms with Gasteiger partial charge in [0.2, 0.25) is 0 Å². The lowest BCUT2D eigenvalue weighted by atomic mass is 10.4. The van der Waals surface area contributed by atoms with E-state index in [1.807, 2.05) is 17.7 Å². The first kappa shape index (κ1) is 10.0. The molecule has 0 aromatic carbocycles. The summed E-state index contributed by atoms with van der Waals surface area (Å²) in [6, 6.07) is 1.94. The third kappa shape index (κ3) is 1.83. The molecule has 0 bridgehead atoms. The minimum atomic E-state index is 0.484. The summed E-state index contributed by atoms with van der Waals surface area (Å²) in [5.74, 6) is 0.487. The summed E-state index contributed by atoms with van der Waals surface area (Å²) in [5.41, 5.74) is 6.81. The molecule has 0 aliphatic rings. The smallest absolute Gasteiger partial charge is 0.141 e. The lowest BCUT2D eigenvalue weighted by Gasteiger charge is -2.06. The van der Waals surface area contributed by atoms with E-state index < -0.39 is 0 Å². The van der Waals surface area contributed by atoms with Crippen LogP contribution in [0.3, 0.4) is 0 Å². The largest absolute Gasteiger partial charge is 0.383 e. The highest BCUT2D eigenvalue weighted by atomic mass is 35.5. The third-order valence-electron chi connectivity index (χ3n) is 2.25. The molecule has 6 heteroatoms.